The molecule has 1 atom stereocenters. The molecule has 1 unspecified atom stereocenters. The van der Waals surface area contributed by atoms with E-state index in [-0.39, 0.29) is 17.4 Å². The molecule has 0 spiro atoms. The Bertz CT molecular complexity index is 414. The Labute approximate surface area is 116 Å². The molecule has 1 saturated carbocycles. The molecule has 5 heteroatoms. The summed E-state index contributed by atoms with van der Waals surface area (Å²) in [5, 5.41) is 12.1. The van der Waals surface area contributed by atoms with Gasteiger partial charge in [0.25, 0.3) is 0 Å². The van der Waals surface area contributed by atoms with Crippen LogP contribution >= 0.6 is 11.8 Å². The molecule has 0 radical (unpaired) electrons. The molecule has 0 bridgehead atoms. The van der Waals surface area contributed by atoms with Gasteiger partial charge >= 0.3 is 0 Å². The summed E-state index contributed by atoms with van der Waals surface area (Å²) in [5.41, 5.74) is 0.640. The normalized spacial score (nSPS) is 16.6. The molecule has 0 saturated heterocycles. The first-order valence-electron chi connectivity index (χ1n) is 6.55. The van der Waals surface area contributed by atoms with Gasteiger partial charge in [0.1, 0.15) is 11.6 Å². The zero-order valence-corrected chi connectivity index (χ0v) is 11.8. The molecule has 1 aliphatic rings. The lowest BCUT2D eigenvalue weighted by atomic mass is 10.2. The van der Waals surface area contributed by atoms with Crippen molar-refractivity contribution < 1.29 is 13.9 Å². The average molecular weight is 287 g/mol. The van der Waals surface area contributed by atoms with E-state index >= 15 is 0 Å². The molecule has 0 aliphatic heterocycles. The average Bonchev–Trinajstić information content (AvgIpc) is 3.19. The summed E-state index contributed by atoms with van der Waals surface area (Å²) in [4.78, 5) is 0.0514. The van der Waals surface area contributed by atoms with Crippen LogP contribution in [0.5, 0.6) is 0 Å². The van der Waals surface area contributed by atoms with Crippen LogP contribution in [0, 0.1) is 17.6 Å². The summed E-state index contributed by atoms with van der Waals surface area (Å²) in [6.07, 6.45) is 2.30. The minimum absolute atomic E-state index is 0.0274. The van der Waals surface area contributed by atoms with Gasteiger partial charge in [-0.1, -0.05) is 6.92 Å². The summed E-state index contributed by atoms with van der Waals surface area (Å²) in [5.74, 6) is -0.491. The van der Waals surface area contributed by atoms with Gasteiger partial charge < -0.3 is 10.4 Å². The number of thioether (sulfide) groups is 1. The first kappa shape index (κ1) is 14.8. The lowest BCUT2D eigenvalue weighted by Gasteiger charge is -2.11. The monoisotopic (exact) mass is 287 g/mol. The van der Waals surface area contributed by atoms with Crippen molar-refractivity contribution in [2.45, 2.75) is 37.2 Å². The molecule has 2 N–H and O–H groups in total. The van der Waals surface area contributed by atoms with E-state index in [0.717, 1.165) is 24.6 Å². The maximum Gasteiger partial charge on any atom is 0.140 e. The van der Waals surface area contributed by atoms with Crippen molar-refractivity contribution in [1.29, 1.82) is 0 Å². The lowest BCUT2D eigenvalue weighted by molar-refractivity contribution is 0.250. The van der Waals surface area contributed by atoms with Crippen LogP contribution in [0.3, 0.4) is 0 Å². The molecule has 0 aromatic heterocycles. The van der Waals surface area contributed by atoms with E-state index in [0.29, 0.717) is 23.9 Å². The Balaban J connectivity index is 1.98. The van der Waals surface area contributed by atoms with Crippen LogP contribution in [0.4, 0.5) is 8.78 Å². The van der Waals surface area contributed by atoms with E-state index < -0.39 is 11.6 Å². The first-order chi connectivity index (χ1) is 9.10. The van der Waals surface area contributed by atoms with Crippen LogP contribution < -0.4 is 5.32 Å². The predicted molar refractivity (Wildman–Crippen MR) is 73.2 cm³/mol. The third-order valence-electron chi connectivity index (χ3n) is 3.05. The van der Waals surface area contributed by atoms with Crippen molar-refractivity contribution in [1.82, 2.24) is 5.32 Å². The zero-order chi connectivity index (χ0) is 13.8. The lowest BCUT2D eigenvalue weighted by Crippen LogP contribution is -2.15. The van der Waals surface area contributed by atoms with Crippen LogP contribution in [-0.4, -0.2) is 23.5 Å². The summed E-state index contributed by atoms with van der Waals surface area (Å²) < 4.78 is 27.7. The minimum atomic E-state index is -0.511. The Morgan fingerprint density at radius 2 is 2.00 bits per heavy atom. The van der Waals surface area contributed by atoms with Gasteiger partial charge in [0.05, 0.1) is 4.90 Å². The van der Waals surface area contributed by atoms with Crippen molar-refractivity contribution in [3.8, 4) is 0 Å². The van der Waals surface area contributed by atoms with Gasteiger partial charge in [-0.05, 0) is 36.5 Å². The van der Waals surface area contributed by atoms with E-state index in [1.807, 2.05) is 6.92 Å². The number of halogens is 2. The zero-order valence-electron chi connectivity index (χ0n) is 11.0. The quantitative estimate of drug-likeness (QED) is 0.756. The molecule has 2 rings (SSSR count). The van der Waals surface area contributed by atoms with E-state index in [4.69, 9.17) is 5.11 Å². The van der Waals surface area contributed by atoms with E-state index in [1.54, 1.807) is 0 Å². The van der Waals surface area contributed by atoms with E-state index in [1.165, 1.54) is 12.1 Å². The first-order valence-corrected chi connectivity index (χ1v) is 7.53. The Hall–Kier alpha value is -0.650. The number of hydrogen-bond acceptors (Lipinski definition) is 3. The highest BCUT2D eigenvalue weighted by atomic mass is 32.2. The van der Waals surface area contributed by atoms with Crippen molar-refractivity contribution in [2.75, 3.05) is 12.4 Å². The number of aliphatic hydroxyl groups excluding tert-OH is 1. The SMILES string of the molecule is CC(CO)CSc1c(F)cc(CNC2CC2)cc1F. The van der Waals surface area contributed by atoms with Crippen LogP contribution in [-0.2, 0) is 6.54 Å². The Kier molecular flexibility index (Phi) is 5.19. The van der Waals surface area contributed by atoms with Gasteiger partial charge in [0.15, 0.2) is 0 Å². The van der Waals surface area contributed by atoms with Crippen molar-refractivity contribution in [3.63, 3.8) is 0 Å². The largest absolute Gasteiger partial charge is 0.396 e. The number of aliphatic hydroxyl groups is 1. The standard InChI is InChI=1S/C14H19F2NOS/c1-9(7-18)8-19-14-12(15)4-10(5-13(14)16)6-17-11-2-3-11/h4-5,9,11,17-18H,2-3,6-8H2,1H3. The molecule has 1 aromatic carbocycles. The summed E-state index contributed by atoms with van der Waals surface area (Å²) >= 11 is 1.12. The van der Waals surface area contributed by atoms with Crippen LogP contribution in [0.2, 0.25) is 0 Å². The number of benzene rings is 1. The summed E-state index contributed by atoms with van der Waals surface area (Å²) in [6, 6.07) is 3.31. The predicted octanol–water partition coefficient (Wildman–Crippen LogP) is 2.94. The van der Waals surface area contributed by atoms with E-state index in [9.17, 15) is 8.78 Å². The number of hydrogen-bond donors (Lipinski definition) is 2. The molecule has 0 amide bonds. The van der Waals surface area contributed by atoms with E-state index in [2.05, 4.69) is 5.32 Å². The fraction of sp³-hybridized carbons (Fsp3) is 0.571. The molecule has 1 aliphatic carbocycles. The minimum Gasteiger partial charge on any atom is -0.396 e. The highest BCUT2D eigenvalue weighted by Gasteiger charge is 2.20. The van der Waals surface area contributed by atoms with Gasteiger partial charge in [-0.15, -0.1) is 11.8 Å². The topological polar surface area (TPSA) is 32.3 Å². The molecule has 106 valence electrons. The van der Waals surface area contributed by atoms with Crippen LogP contribution in [0.1, 0.15) is 25.3 Å². The molecule has 1 aromatic rings. The molecule has 19 heavy (non-hydrogen) atoms. The van der Waals surface area contributed by atoms with Gasteiger partial charge in [-0.3, -0.25) is 0 Å². The third-order valence-corrected chi connectivity index (χ3v) is 4.47. The molecule has 0 heterocycles. The van der Waals surface area contributed by atoms with Gasteiger partial charge in [0, 0.05) is 24.9 Å². The third kappa shape index (κ3) is 4.44. The van der Waals surface area contributed by atoms with Crippen molar-refractivity contribution >= 4 is 11.8 Å². The fourth-order valence-corrected chi connectivity index (χ4v) is 2.63. The molecule has 1 fully saturated rings. The molecule has 2 nitrogen and oxygen atoms in total. The van der Waals surface area contributed by atoms with Crippen molar-refractivity contribution in [2.24, 2.45) is 5.92 Å². The highest BCUT2D eigenvalue weighted by Crippen LogP contribution is 2.28. The Morgan fingerprint density at radius 1 is 1.37 bits per heavy atom. The van der Waals surface area contributed by atoms with Gasteiger partial charge in [0.2, 0.25) is 0 Å². The summed E-state index contributed by atoms with van der Waals surface area (Å²) in [7, 11) is 0. The maximum atomic E-state index is 13.9. The second kappa shape index (κ2) is 6.68. The summed E-state index contributed by atoms with van der Waals surface area (Å²) in [6.45, 7) is 2.38. The number of rotatable bonds is 7. The molecular formula is C14H19F2NOS. The highest BCUT2D eigenvalue weighted by molar-refractivity contribution is 7.99. The van der Waals surface area contributed by atoms with Gasteiger partial charge in [-0.25, -0.2) is 8.78 Å². The van der Waals surface area contributed by atoms with Gasteiger partial charge in [-0.2, -0.15) is 0 Å². The Morgan fingerprint density at radius 3 is 2.53 bits per heavy atom. The van der Waals surface area contributed by atoms with Crippen LogP contribution in [0.15, 0.2) is 17.0 Å². The molecular weight excluding hydrogens is 268 g/mol. The van der Waals surface area contributed by atoms with Crippen molar-refractivity contribution in [3.05, 3.63) is 29.3 Å². The second-order valence-corrected chi connectivity index (χ2v) is 6.17. The van der Waals surface area contributed by atoms with Crippen LogP contribution in [0.25, 0.3) is 0 Å². The second-order valence-electron chi connectivity index (χ2n) is 5.14. The number of nitrogens with one attached hydrogen (secondary N) is 1. The smallest absolute Gasteiger partial charge is 0.140 e. The fourth-order valence-electron chi connectivity index (χ4n) is 1.68. The maximum absolute atomic E-state index is 13.9.